The van der Waals surface area contributed by atoms with E-state index >= 15 is 0 Å². The van der Waals surface area contributed by atoms with E-state index in [1.807, 2.05) is 0 Å². The molecule has 0 radical (unpaired) electrons. The fourth-order valence-corrected chi connectivity index (χ4v) is 1.16. The molecule has 0 aliphatic carbocycles. The number of hydrogen-bond acceptors (Lipinski definition) is 1. The predicted molar refractivity (Wildman–Crippen MR) is 60.1 cm³/mol. The molecule has 0 atom stereocenters. The molecule has 1 nitrogen and oxygen atoms in total. The zero-order chi connectivity index (χ0) is 10.3. The molecule has 13 heavy (non-hydrogen) atoms. The van der Waals surface area contributed by atoms with Crippen LogP contribution in [0.3, 0.4) is 0 Å². The molecule has 2 heteroatoms. The molecule has 0 aromatic heterocycles. The Hall–Kier alpha value is -1.07. The third kappa shape index (κ3) is 7.29. The van der Waals surface area contributed by atoms with Crippen LogP contribution < -0.4 is 0 Å². The summed E-state index contributed by atoms with van der Waals surface area (Å²) in [6.45, 7) is 10.1. The lowest BCUT2D eigenvalue weighted by Gasteiger charge is -2.02. The summed E-state index contributed by atoms with van der Waals surface area (Å²) in [6.07, 6.45) is 4.83. The molecule has 0 aliphatic rings. The second-order valence-electron chi connectivity index (χ2n) is 3.85. The van der Waals surface area contributed by atoms with Crippen LogP contribution in [-0.2, 0) is 4.79 Å². The topological polar surface area (TPSA) is 17.1 Å². The van der Waals surface area contributed by atoms with E-state index in [9.17, 15) is 4.79 Å². The van der Waals surface area contributed by atoms with Crippen molar-refractivity contribution >= 4 is 14.4 Å². The summed E-state index contributed by atoms with van der Waals surface area (Å²) in [5, 5.41) is 0. The average molecular weight is 192 g/mol. The Morgan fingerprint density at radius 2 is 2.08 bits per heavy atom. The molecule has 0 aromatic carbocycles. The summed E-state index contributed by atoms with van der Waals surface area (Å²) in [6, 6.07) is 0. The van der Waals surface area contributed by atoms with Gasteiger partial charge in [-0.2, -0.15) is 0 Å². The molecule has 0 fully saturated rings. The van der Waals surface area contributed by atoms with E-state index in [-0.39, 0.29) is 0 Å². The maximum atomic E-state index is 10.5. The summed E-state index contributed by atoms with van der Waals surface area (Å²) >= 11 is 0. The fraction of sp³-hybridized carbons (Fsp3) is 0.364. The van der Waals surface area contributed by atoms with Gasteiger partial charge in [-0.1, -0.05) is 31.6 Å². The van der Waals surface area contributed by atoms with E-state index in [0.29, 0.717) is 12.0 Å². The van der Waals surface area contributed by atoms with Gasteiger partial charge in [0, 0.05) is 5.57 Å². The molecule has 0 spiro atoms. The van der Waals surface area contributed by atoms with E-state index in [2.05, 4.69) is 37.7 Å². The van der Waals surface area contributed by atoms with Gasteiger partial charge in [0.1, 0.15) is 14.4 Å². The van der Waals surface area contributed by atoms with Crippen molar-refractivity contribution in [2.45, 2.75) is 26.1 Å². The average Bonchev–Trinajstić information content (AvgIpc) is 2.01. The molecule has 0 heterocycles. The lowest BCUT2D eigenvalue weighted by atomic mass is 10.2. The lowest BCUT2D eigenvalue weighted by Crippen LogP contribution is -2.16. The lowest BCUT2D eigenvalue weighted by molar-refractivity contribution is -0.104. The van der Waals surface area contributed by atoms with Gasteiger partial charge < -0.3 is 0 Å². The first kappa shape index (κ1) is 11.9. The number of allylic oxidation sites excluding steroid dienone is 3. The maximum absolute atomic E-state index is 10.5. The highest BCUT2D eigenvalue weighted by molar-refractivity contribution is 6.83. The molecular formula is C11H16OSi. The smallest absolute Gasteiger partial charge is 0.146 e. The Morgan fingerprint density at radius 1 is 1.46 bits per heavy atom. The molecule has 0 aromatic rings. The number of carbonyl (C=O) groups is 1. The highest BCUT2D eigenvalue weighted by Gasteiger charge is 2.06. The molecule has 0 bridgehead atoms. The highest BCUT2D eigenvalue weighted by Crippen LogP contribution is 1.99. The molecular weight excluding hydrogens is 176 g/mol. The van der Waals surface area contributed by atoms with Crippen LogP contribution in [0.4, 0.5) is 0 Å². The second-order valence-corrected chi connectivity index (χ2v) is 8.60. The van der Waals surface area contributed by atoms with Crippen LogP contribution in [-0.4, -0.2) is 14.4 Å². The monoisotopic (exact) mass is 192 g/mol. The molecule has 0 rings (SSSR count). The predicted octanol–water partition coefficient (Wildman–Crippen LogP) is 2.57. The van der Waals surface area contributed by atoms with Gasteiger partial charge in [-0.15, -0.1) is 12.1 Å². The number of hydrogen-bond donors (Lipinski definition) is 0. The van der Waals surface area contributed by atoms with Crippen molar-refractivity contribution in [3.8, 4) is 11.5 Å². The summed E-state index contributed by atoms with van der Waals surface area (Å²) in [7, 11) is -1.31. The van der Waals surface area contributed by atoms with Crippen molar-refractivity contribution in [1.29, 1.82) is 0 Å². The van der Waals surface area contributed by atoms with Gasteiger partial charge in [0.2, 0.25) is 0 Å². The largest absolute Gasteiger partial charge is 0.298 e. The SMILES string of the molecule is C=CC/C(C=O)=C/C#C[Si](C)(C)C. The highest BCUT2D eigenvalue weighted by atomic mass is 28.3. The van der Waals surface area contributed by atoms with Crippen LogP contribution in [0.15, 0.2) is 24.3 Å². The first-order valence-electron chi connectivity index (χ1n) is 4.27. The standard InChI is InChI=1S/C11H16OSi/c1-5-7-11(10-12)8-6-9-13(2,3)4/h5,8,10H,1,7H2,2-4H3/b11-8-. The number of rotatable bonds is 3. The zero-order valence-corrected chi connectivity index (χ0v) is 9.55. The molecule has 0 amide bonds. The van der Waals surface area contributed by atoms with E-state index < -0.39 is 8.07 Å². The second kappa shape index (κ2) is 5.55. The Labute approximate surface area is 81.6 Å². The van der Waals surface area contributed by atoms with E-state index in [1.54, 1.807) is 12.2 Å². The van der Waals surface area contributed by atoms with E-state index in [1.165, 1.54) is 0 Å². The van der Waals surface area contributed by atoms with Crippen molar-refractivity contribution in [1.82, 2.24) is 0 Å². The Bertz CT molecular complexity index is 271. The quantitative estimate of drug-likeness (QED) is 0.221. The van der Waals surface area contributed by atoms with Gasteiger partial charge in [-0.05, 0) is 12.5 Å². The van der Waals surface area contributed by atoms with Crippen LogP contribution in [0.5, 0.6) is 0 Å². The van der Waals surface area contributed by atoms with Crippen molar-refractivity contribution in [2.75, 3.05) is 0 Å². The van der Waals surface area contributed by atoms with Crippen molar-refractivity contribution < 1.29 is 4.79 Å². The van der Waals surface area contributed by atoms with Crippen LogP contribution in [0.2, 0.25) is 19.6 Å². The minimum Gasteiger partial charge on any atom is -0.298 e. The van der Waals surface area contributed by atoms with Crippen LogP contribution in [0, 0.1) is 11.5 Å². The molecule has 0 saturated carbocycles. The van der Waals surface area contributed by atoms with Crippen LogP contribution in [0.25, 0.3) is 0 Å². The Balaban J connectivity index is 4.42. The minimum absolute atomic E-state index is 0.601. The first-order valence-corrected chi connectivity index (χ1v) is 7.77. The third-order valence-electron chi connectivity index (χ3n) is 1.24. The normalized spacial score (nSPS) is 11.5. The van der Waals surface area contributed by atoms with Gasteiger partial charge in [-0.25, -0.2) is 0 Å². The Kier molecular flexibility index (Phi) is 5.09. The molecule has 0 aliphatic heterocycles. The van der Waals surface area contributed by atoms with Crippen LogP contribution in [0.1, 0.15) is 6.42 Å². The van der Waals surface area contributed by atoms with Gasteiger partial charge >= 0.3 is 0 Å². The number of aldehydes is 1. The minimum atomic E-state index is -1.31. The zero-order valence-electron chi connectivity index (χ0n) is 8.55. The molecule has 0 saturated heterocycles. The fourth-order valence-electron chi connectivity index (χ4n) is 0.653. The molecule has 0 N–H and O–H groups in total. The molecule has 0 unspecified atom stereocenters. The summed E-state index contributed by atoms with van der Waals surface area (Å²) < 4.78 is 0. The van der Waals surface area contributed by atoms with Crippen molar-refractivity contribution in [3.05, 3.63) is 24.3 Å². The summed E-state index contributed by atoms with van der Waals surface area (Å²) in [5.74, 6) is 2.93. The van der Waals surface area contributed by atoms with Gasteiger partial charge in [0.05, 0.1) is 0 Å². The van der Waals surface area contributed by atoms with E-state index in [0.717, 1.165) is 6.29 Å². The van der Waals surface area contributed by atoms with Gasteiger partial charge in [0.15, 0.2) is 0 Å². The van der Waals surface area contributed by atoms with Crippen molar-refractivity contribution in [3.63, 3.8) is 0 Å². The third-order valence-corrected chi connectivity index (χ3v) is 2.13. The first-order chi connectivity index (χ1) is 5.99. The van der Waals surface area contributed by atoms with Crippen LogP contribution >= 0.6 is 0 Å². The Morgan fingerprint density at radius 3 is 2.46 bits per heavy atom. The van der Waals surface area contributed by atoms with Crippen molar-refractivity contribution in [2.24, 2.45) is 0 Å². The summed E-state index contributed by atoms with van der Waals surface area (Å²) in [4.78, 5) is 10.5. The van der Waals surface area contributed by atoms with Gasteiger partial charge in [0.25, 0.3) is 0 Å². The van der Waals surface area contributed by atoms with Gasteiger partial charge in [-0.3, -0.25) is 4.79 Å². The molecule has 70 valence electrons. The summed E-state index contributed by atoms with van der Waals surface area (Å²) in [5.41, 5.74) is 3.86. The maximum Gasteiger partial charge on any atom is 0.146 e. The van der Waals surface area contributed by atoms with E-state index in [4.69, 9.17) is 0 Å². The number of carbonyl (C=O) groups excluding carboxylic acids is 1.